The summed E-state index contributed by atoms with van der Waals surface area (Å²) in [5.41, 5.74) is -1.98. The first-order valence-corrected chi connectivity index (χ1v) is 6.54. The summed E-state index contributed by atoms with van der Waals surface area (Å²) in [6.45, 7) is 4.49. The van der Waals surface area contributed by atoms with Crippen molar-refractivity contribution in [1.29, 1.82) is 0 Å². The fourth-order valence-corrected chi connectivity index (χ4v) is 2.27. The van der Waals surface area contributed by atoms with Crippen LogP contribution in [0.1, 0.15) is 33.6 Å². The number of nitrogens with zero attached hydrogens (tertiary/aromatic N) is 1. The van der Waals surface area contributed by atoms with Crippen molar-refractivity contribution in [1.82, 2.24) is 4.90 Å². The van der Waals surface area contributed by atoms with Gasteiger partial charge in [0, 0.05) is 19.9 Å². The van der Waals surface area contributed by atoms with Crippen molar-refractivity contribution in [2.24, 2.45) is 0 Å². The molecule has 0 spiro atoms. The van der Waals surface area contributed by atoms with Crippen molar-refractivity contribution in [3.8, 4) is 0 Å². The van der Waals surface area contributed by atoms with E-state index in [1.807, 2.05) is 0 Å². The van der Waals surface area contributed by atoms with Gasteiger partial charge in [0.05, 0.1) is 19.6 Å². The molecule has 1 aliphatic heterocycles. The molecular weight excluding hydrogens is 266 g/mol. The van der Waals surface area contributed by atoms with E-state index in [-0.39, 0.29) is 32.0 Å². The zero-order valence-corrected chi connectivity index (χ0v) is 11.9. The lowest BCUT2D eigenvalue weighted by atomic mass is 9.85. The van der Waals surface area contributed by atoms with Gasteiger partial charge in [-0.2, -0.15) is 0 Å². The summed E-state index contributed by atoms with van der Waals surface area (Å²) in [6, 6.07) is 0. The maximum atomic E-state index is 12.2. The van der Waals surface area contributed by atoms with Crippen molar-refractivity contribution in [3.63, 3.8) is 0 Å². The molecule has 0 saturated carbocycles. The SMILES string of the molecule is CCOC(=O)C1(C(=O)OCC)CC(=O)CCN1C(C)=O. The van der Waals surface area contributed by atoms with E-state index in [4.69, 9.17) is 9.47 Å². The lowest BCUT2D eigenvalue weighted by molar-refractivity contribution is -0.183. The first kappa shape index (κ1) is 16.1. The molecule has 0 aromatic rings. The van der Waals surface area contributed by atoms with Gasteiger partial charge in [-0.3, -0.25) is 9.59 Å². The number of ketones is 1. The van der Waals surface area contributed by atoms with Crippen molar-refractivity contribution in [2.45, 2.75) is 39.2 Å². The van der Waals surface area contributed by atoms with Crippen LogP contribution in [-0.4, -0.2) is 53.8 Å². The topological polar surface area (TPSA) is 90.0 Å². The predicted octanol–water partition coefficient (Wildman–Crippen LogP) is 0.0628. The number of carbonyl (C=O) groups is 4. The van der Waals surface area contributed by atoms with E-state index in [9.17, 15) is 19.2 Å². The summed E-state index contributed by atoms with van der Waals surface area (Å²) in [5, 5.41) is 0. The van der Waals surface area contributed by atoms with Gasteiger partial charge >= 0.3 is 11.9 Å². The molecule has 112 valence electrons. The second kappa shape index (κ2) is 6.49. The molecule has 0 aromatic carbocycles. The summed E-state index contributed by atoms with van der Waals surface area (Å²) in [6.07, 6.45) is -0.287. The Morgan fingerprint density at radius 1 is 1.15 bits per heavy atom. The van der Waals surface area contributed by atoms with Crippen LogP contribution in [0.15, 0.2) is 0 Å². The van der Waals surface area contributed by atoms with E-state index in [0.717, 1.165) is 4.90 Å². The van der Waals surface area contributed by atoms with Crippen molar-refractivity contribution >= 4 is 23.6 Å². The highest BCUT2D eigenvalue weighted by molar-refractivity contribution is 6.11. The second-order valence-corrected chi connectivity index (χ2v) is 4.44. The molecule has 0 bridgehead atoms. The smallest absolute Gasteiger partial charge is 0.344 e. The summed E-state index contributed by atoms with van der Waals surface area (Å²) < 4.78 is 9.79. The number of amides is 1. The number of carbonyl (C=O) groups excluding carboxylic acids is 4. The number of ether oxygens (including phenoxy) is 2. The largest absolute Gasteiger partial charge is 0.464 e. The number of esters is 2. The van der Waals surface area contributed by atoms with Crippen LogP contribution < -0.4 is 0 Å². The Morgan fingerprint density at radius 2 is 1.65 bits per heavy atom. The van der Waals surface area contributed by atoms with Crippen LogP contribution >= 0.6 is 0 Å². The minimum Gasteiger partial charge on any atom is -0.464 e. The Bertz CT molecular complexity index is 413. The highest BCUT2D eigenvalue weighted by Crippen LogP contribution is 2.30. The molecule has 0 unspecified atom stereocenters. The lowest BCUT2D eigenvalue weighted by Gasteiger charge is -2.41. The molecule has 0 radical (unpaired) electrons. The molecule has 7 nitrogen and oxygen atoms in total. The number of rotatable bonds is 4. The Kier molecular flexibility index (Phi) is 5.24. The molecular formula is C13H19NO6. The van der Waals surface area contributed by atoms with E-state index in [1.54, 1.807) is 13.8 Å². The van der Waals surface area contributed by atoms with Crippen LogP contribution in [-0.2, 0) is 28.7 Å². The average Bonchev–Trinajstić information content (AvgIpc) is 2.38. The third kappa shape index (κ3) is 2.81. The fraction of sp³-hybridized carbons (Fsp3) is 0.692. The lowest BCUT2D eigenvalue weighted by Crippen LogP contribution is -2.66. The Hall–Kier alpha value is -1.92. The van der Waals surface area contributed by atoms with Gasteiger partial charge in [0.25, 0.3) is 0 Å². The van der Waals surface area contributed by atoms with Gasteiger partial charge in [0.15, 0.2) is 0 Å². The van der Waals surface area contributed by atoms with Gasteiger partial charge in [-0.25, -0.2) is 9.59 Å². The second-order valence-electron chi connectivity index (χ2n) is 4.44. The molecule has 1 rings (SSSR count). The number of likely N-dealkylation sites (tertiary alicyclic amines) is 1. The van der Waals surface area contributed by atoms with Crippen LogP contribution in [0.2, 0.25) is 0 Å². The first-order valence-electron chi connectivity index (χ1n) is 6.54. The van der Waals surface area contributed by atoms with Crippen molar-refractivity contribution in [2.75, 3.05) is 19.8 Å². The molecule has 1 aliphatic rings. The Morgan fingerprint density at radius 3 is 2.05 bits per heavy atom. The minimum absolute atomic E-state index is 0.00575. The fourth-order valence-electron chi connectivity index (χ4n) is 2.27. The number of piperidine rings is 1. The van der Waals surface area contributed by atoms with E-state index in [1.165, 1.54) is 6.92 Å². The van der Waals surface area contributed by atoms with Gasteiger partial charge in [-0.05, 0) is 13.8 Å². The van der Waals surface area contributed by atoms with E-state index < -0.39 is 29.8 Å². The maximum absolute atomic E-state index is 12.2. The van der Waals surface area contributed by atoms with Gasteiger partial charge < -0.3 is 14.4 Å². The summed E-state index contributed by atoms with van der Waals surface area (Å²) in [4.78, 5) is 49.0. The average molecular weight is 285 g/mol. The van der Waals surface area contributed by atoms with Crippen LogP contribution in [0, 0.1) is 0 Å². The molecule has 20 heavy (non-hydrogen) atoms. The van der Waals surface area contributed by atoms with Crippen molar-refractivity contribution < 1.29 is 28.7 Å². The minimum atomic E-state index is -1.98. The van der Waals surface area contributed by atoms with Crippen LogP contribution in [0.3, 0.4) is 0 Å². The quantitative estimate of drug-likeness (QED) is 0.536. The highest BCUT2D eigenvalue weighted by Gasteiger charge is 2.58. The van der Waals surface area contributed by atoms with Gasteiger partial charge in [-0.15, -0.1) is 0 Å². The van der Waals surface area contributed by atoms with Crippen LogP contribution in [0.25, 0.3) is 0 Å². The monoisotopic (exact) mass is 285 g/mol. The molecule has 1 heterocycles. The standard InChI is InChI=1S/C13H19NO6/c1-4-19-11(17)13(12(18)20-5-2)8-10(16)6-7-14(13)9(3)15/h4-8H2,1-3H3. The number of hydrogen-bond acceptors (Lipinski definition) is 6. The maximum Gasteiger partial charge on any atom is 0.344 e. The first-order chi connectivity index (χ1) is 9.40. The Labute approximate surface area is 117 Å². The molecule has 0 N–H and O–H groups in total. The Balaban J connectivity index is 3.29. The molecule has 0 aliphatic carbocycles. The molecule has 1 amide bonds. The van der Waals surface area contributed by atoms with E-state index in [0.29, 0.717) is 0 Å². The van der Waals surface area contributed by atoms with E-state index in [2.05, 4.69) is 0 Å². The van der Waals surface area contributed by atoms with Gasteiger partial charge in [0.2, 0.25) is 11.4 Å². The van der Waals surface area contributed by atoms with Gasteiger partial charge in [0.1, 0.15) is 5.78 Å². The summed E-state index contributed by atoms with van der Waals surface area (Å²) in [7, 11) is 0. The molecule has 0 aromatic heterocycles. The normalized spacial score (nSPS) is 17.6. The zero-order chi connectivity index (χ0) is 15.3. The van der Waals surface area contributed by atoms with Crippen molar-refractivity contribution in [3.05, 3.63) is 0 Å². The van der Waals surface area contributed by atoms with Gasteiger partial charge in [-0.1, -0.05) is 0 Å². The highest BCUT2D eigenvalue weighted by atomic mass is 16.6. The van der Waals surface area contributed by atoms with Crippen LogP contribution in [0.5, 0.6) is 0 Å². The number of hydrogen-bond donors (Lipinski definition) is 0. The molecule has 7 heteroatoms. The number of Topliss-reactive ketones (excluding diaryl/α,β-unsaturated/α-hetero) is 1. The third-order valence-corrected chi connectivity index (χ3v) is 3.13. The van der Waals surface area contributed by atoms with Crippen LogP contribution in [0.4, 0.5) is 0 Å². The third-order valence-electron chi connectivity index (χ3n) is 3.13. The molecule has 1 fully saturated rings. The molecule has 1 saturated heterocycles. The zero-order valence-electron chi connectivity index (χ0n) is 11.9. The summed E-state index contributed by atoms with van der Waals surface area (Å²) >= 11 is 0. The summed E-state index contributed by atoms with van der Waals surface area (Å²) in [5.74, 6) is -2.58. The predicted molar refractivity (Wildman–Crippen MR) is 67.6 cm³/mol. The van der Waals surface area contributed by atoms with E-state index >= 15 is 0 Å². The molecule has 0 atom stereocenters.